The van der Waals surface area contributed by atoms with Gasteiger partial charge in [0.05, 0.1) is 7.17 Å². The third kappa shape index (κ3) is 4.37. The smallest absolute Gasteiger partial charge is 0.0691 e. The van der Waals surface area contributed by atoms with E-state index in [0.29, 0.717) is 0 Å². The first-order valence-corrected chi connectivity index (χ1v) is 6.49. The molecule has 6 radical (unpaired) electrons. The number of rotatable bonds is 2. The summed E-state index contributed by atoms with van der Waals surface area (Å²) in [5.74, 6) is 0. The van der Waals surface area contributed by atoms with E-state index in [-0.39, 0.29) is 32.7 Å². The van der Waals surface area contributed by atoms with Gasteiger partial charge in [0.25, 0.3) is 0 Å². The summed E-state index contributed by atoms with van der Waals surface area (Å²) >= 11 is 0. The predicted molar refractivity (Wildman–Crippen MR) is 86.9 cm³/mol. The van der Waals surface area contributed by atoms with Gasteiger partial charge < -0.3 is 0 Å². The van der Waals surface area contributed by atoms with Gasteiger partial charge in [-0.15, -0.1) is 17.2 Å². The van der Waals surface area contributed by atoms with Crippen LogP contribution in [0.15, 0.2) is 24.3 Å². The van der Waals surface area contributed by atoms with Gasteiger partial charge in [-0.1, -0.05) is 27.7 Å². The molecule has 2 aromatic carbocycles. The molecule has 0 unspecified atom stereocenters. The van der Waals surface area contributed by atoms with Crippen molar-refractivity contribution in [1.29, 1.82) is 0 Å². The van der Waals surface area contributed by atoms with Gasteiger partial charge in [-0.3, -0.25) is 0 Å². The molecule has 0 aromatic heterocycles. The average molecular weight is 330 g/mol. The van der Waals surface area contributed by atoms with Crippen molar-refractivity contribution in [1.82, 2.24) is 0 Å². The monoisotopic (exact) mass is 330 g/mol. The molecule has 4 heteroatoms. The zero-order valence-electron chi connectivity index (χ0n) is 12.6. The summed E-state index contributed by atoms with van der Waals surface area (Å²) in [5.41, 5.74) is 5.57. The molecule has 0 saturated heterocycles. The molecule has 0 saturated carbocycles. The first-order chi connectivity index (χ1) is 9.15. The van der Waals surface area contributed by atoms with Crippen molar-refractivity contribution in [2.24, 2.45) is 0 Å². The third-order valence-corrected chi connectivity index (χ3v) is 3.04. The van der Waals surface area contributed by atoms with Crippen molar-refractivity contribution in [2.75, 3.05) is 0 Å². The van der Waals surface area contributed by atoms with Crippen LogP contribution >= 0.6 is 0 Å². The van der Waals surface area contributed by atoms with E-state index in [4.69, 9.17) is 15.6 Å². The molecule has 0 nitrogen and oxygen atoms in total. The first-order valence-electron chi connectivity index (χ1n) is 6.49. The van der Waals surface area contributed by atoms with Gasteiger partial charge >= 0.3 is 0 Å². The Morgan fingerprint density at radius 3 is 2.25 bits per heavy atom. The minimum atomic E-state index is 0. The van der Waals surface area contributed by atoms with Crippen molar-refractivity contribution >= 4 is 33.7 Å². The van der Waals surface area contributed by atoms with Gasteiger partial charge in [0.15, 0.2) is 0 Å². The molecule has 0 spiro atoms. The maximum absolute atomic E-state index is 6.13. The van der Waals surface area contributed by atoms with Gasteiger partial charge in [0.2, 0.25) is 0 Å². The SMILES string of the molecule is CC.[B][B]c1[c-]c(-c2[c-]cccc2)c([B])c(C)c1C.[Y]. The molecule has 0 aliphatic heterocycles. The van der Waals surface area contributed by atoms with E-state index >= 15 is 0 Å². The maximum Gasteiger partial charge on any atom is 0.0691 e. The Balaban J connectivity index is 0.00000115. The topological polar surface area (TPSA) is 0 Å². The summed E-state index contributed by atoms with van der Waals surface area (Å²) < 4.78 is 0. The van der Waals surface area contributed by atoms with Crippen LogP contribution in [0.5, 0.6) is 0 Å². The Labute approximate surface area is 152 Å². The molecule has 2 aromatic rings. The van der Waals surface area contributed by atoms with Gasteiger partial charge in [-0.2, -0.15) is 29.7 Å². The fraction of sp³-hybridized carbons (Fsp3) is 0.250. The summed E-state index contributed by atoms with van der Waals surface area (Å²) in [6, 6.07) is 14.1. The predicted octanol–water partition coefficient (Wildman–Crippen LogP) is 1.80. The molecule has 0 aliphatic carbocycles. The fourth-order valence-corrected chi connectivity index (χ4v) is 1.82. The number of hydrogen-bond donors (Lipinski definition) is 0. The first kappa shape index (κ1) is 19.7. The summed E-state index contributed by atoms with van der Waals surface area (Å²) in [7, 11) is 13.3. The molecule has 94 valence electrons. The van der Waals surface area contributed by atoms with Crippen LogP contribution in [0.4, 0.5) is 0 Å². The Morgan fingerprint density at radius 1 is 1.10 bits per heavy atom. The number of benzene rings is 2. The molecule has 20 heavy (non-hydrogen) atoms. The average Bonchev–Trinajstić information content (AvgIpc) is 2.48. The molecule has 0 heterocycles. The molecule has 2 rings (SSSR count). The normalized spacial score (nSPS) is 9.00. The maximum atomic E-state index is 6.13. The van der Waals surface area contributed by atoms with E-state index in [1.807, 2.05) is 52.0 Å². The second-order valence-corrected chi connectivity index (χ2v) is 4.02. The van der Waals surface area contributed by atoms with Crippen LogP contribution in [0.1, 0.15) is 25.0 Å². The van der Waals surface area contributed by atoms with E-state index in [0.717, 1.165) is 33.2 Å². The zero-order chi connectivity index (χ0) is 14.4. The summed E-state index contributed by atoms with van der Waals surface area (Å²) in [6.45, 7) is 8.00. The van der Waals surface area contributed by atoms with Crippen molar-refractivity contribution in [3.63, 3.8) is 0 Å². The number of hydrogen-bond acceptors (Lipinski definition) is 0. The molecule has 0 atom stereocenters. The van der Waals surface area contributed by atoms with Gasteiger partial charge in [-0.25, -0.2) is 22.7 Å². The van der Waals surface area contributed by atoms with Crippen LogP contribution in [-0.2, 0) is 32.7 Å². The van der Waals surface area contributed by atoms with Crippen LogP contribution in [0.3, 0.4) is 0 Å². The Morgan fingerprint density at radius 2 is 1.75 bits per heavy atom. The molecular formula is C16H16B3Y-2. The molecule has 0 amide bonds. The van der Waals surface area contributed by atoms with E-state index in [2.05, 4.69) is 12.1 Å². The minimum absolute atomic E-state index is 0. The second-order valence-electron chi connectivity index (χ2n) is 4.02. The summed E-state index contributed by atoms with van der Waals surface area (Å²) in [6.07, 6.45) is 0. The van der Waals surface area contributed by atoms with Gasteiger partial charge in [0.1, 0.15) is 0 Å². The van der Waals surface area contributed by atoms with Crippen LogP contribution < -0.4 is 10.9 Å². The van der Waals surface area contributed by atoms with E-state index in [1.165, 1.54) is 0 Å². The molecule has 0 fully saturated rings. The second kappa shape index (κ2) is 9.63. The van der Waals surface area contributed by atoms with Crippen LogP contribution in [0.2, 0.25) is 0 Å². The van der Waals surface area contributed by atoms with Crippen LogP contribution in [-0.4, -0.2) is 22.8 Å². The Kier molecular flexibility index (Phi) is 9.51. The molecular weight excluding hydrogens is 314 g/mol. The van der Waals surface area contributed by atoms with Gasteiger partial charge in [0, 0.05) is 48.3 Å². The minimum Gasteiger partial charge on any atom is -0.231 e. The summed E-state index contributed by atoms with van der Waals surface area (Å²) in [4.78, 5) is 0. The van der Waals surface area contributed by atoms with E-state index < -0.39 is 0 Å². The Hall–Kier alpha value is -0.261. The third-order valence-electron chi connectivity index (χ3n) is 3.04. The van der Waals surface area contributed by atoms with Crippen molar-refractivity contribution in [3.05, 3.63) is 47.5 Å². The Bertz CT molecular complexity index is 539. The zero-order valence-corrected chi connectivity index (χ0v) is 15.5. The summed E-state index contributed by atoms with van der Waals surface area (Å²) in [5, 5.41) is 0. The molecule has 0 N–H and O–H groups in total. The fourth-order valence-electron chi connectivity index (χ4n) is 1.82. The molecule has 0 aliphatic rings. The van der Waals surface area contributed by atoms with E-state index in [9.17, 15) is 0 Å². The van der Waals surface area contributed by atoms with Crippen molar-refractivity contribution in [2.45, 2.75) is 27.7 Å². The van der Waals surface area contributed by atoms with E-state index in [1.54, 1.807) is 7.17 Å². The molecule has 0 bridgehead atoms. The quantitative estimate of drug-likeness (QED) is 0.582. The standard InChI is InChI=1S/C14H10B3.C2H6.Y/c1-9-10(2)14(15)12(8-13(9)17-16)11-6-4-3-5-7-11;1-2;/h3-6H,1-2H3;1-2H3;/q-2;;. The largest absolute Gasteiger partial charge is 0.231 e. The van der Waals surface area contributed by atoms with Crippen LogP contribution in [0.25, 0.3) is 11.1 Å². The van der Waals surface area contributed by atoms with Crippen LogP contribution in [0, 0.1) is 26.0 Å². The van der Waals surface area contributed by atoms with Crippen molar-refractivity contribution in [3.8, 4) is 11.1 Å². The van der Waals surface area contributed by atoms with Crippen molar-refractivity contribution < 1.29 is 32.7 Å². The van der Waals surface area contributed by atoms with Gasteiger partial charge in [-0.05, 0) is 0 Å².